The van der Waals surface area contributed by atoms with Gasteiger partial charge in [0.25, 0.3) is 0 Å². The number of methoxy groups -OCH3 is 2. The molecule has 0 unspecified atom stereocenters. The number of ether oxygens (including phenoxy) is 3. The summed E-state index contributed by atoms with van der Waals surface area (Å²) in [7, 11) is 3.16. The molecule has 0 amide bonds. The van der Waals surface area contributed by atoms with Crippen molar-refractivity contribution >= 4 is 21.6 Å². The Bertz CT molecular complexity index is 544. The van der Waals surface area contributed by atoms with E-state index in [1.807, 2.05) is 12.1 Å². The maximum atomic E-state index is 5.81. The van der Waals surface area contributed by atoms with Gasteiger partial charge in [0, 0.05) is 10.2 Å². The normalized spacial score (nSPS) is 10.1. The van der Waals surface area contributed by atoms with E-state index in [1.54, 1.807) is 38.5 Å². The van der Waals surface area contributed by atoms with E-state index in [4.69, 9.17) is 19.9 Å². The molecule has 0 aromatic heterocycles. The van der Waals surface area contributed by atoms with E-state index in [0.717, 1.165) is 4.47 Å². The minimum atomic E-state index is 0.526. The Morgan fingerprint density at radius 3 is 1.95 bits per heavy atom. The Hall–Kier alpha value is -1.88. The zero-order valence-electron chi connectivity index (χ0n) is 10.6. The lowest BCUT2D eigenvalue weighted by Crippen LogP contribution is -1.95. The number of anilines is 1. The summed E-state index contributed by atoms with van der Waals surface area (Å²) in [6.45, 7) is 0. The Kier molecular flexibility index (Phi) is 4.16. The van der Waals surface area contributed by atoms with Gasteiger partial charge in [-0.2, -0.15) is 0 Å². The molecule has 0 saturated carbocycles. The van der Waals surface area contributed by atoms with Crippen LogP contribution in [0.1, 0.15) is 0 Å². The molecule has 5 heteroatoms. The topological polar surface area (TPSA) is 53.7 Å². The molecule has 0 bridgehead atoms. The van der Waals surface area contributed by atoms with E-state index < -0.39 is 0 Å². The Balaban J connectivity index is 2.40. The number of nitrogens with two attached hydrogens (primary N) is 1. The number of hydrogen-bond acceptors (Lipinski definition) is 4. The first-order valence-electron chi connectivity index (χ1n) is 5.59. The van der Waals surface area contributed by atoms with Crippen molar-refractivity contribution in [3.8, 4) is 23.0 Å². The summed E-state index contributed by atoms with van der Waals surface area (Å²) in [5.41, 5.74) is 6.32. The summed E-state index contributed by atoms with van der Waals surface area (Å²) in [6, 6.07) is 10.7. The molecule has 0 saturated heterocycles. The van der Waals surface area contributed by atoms with Gasteiger partial charge in [-0.3, -0.25) is 0 Å². The molecule has 0 fully saturated rings. The third kappa shape index (κ3) is 3.12. The fourth-order valence-electron chi connectivity index (χ4n) is 1.60. The van der Waals surface area contributed by atoms with Crippen LogP contribution in [0.2, 0.25) is 0 Å². The molecule has 2 rings (SSSR count). The highest BCUT2D eigenvalue weighted by Crippen LogP contribution is 2.42. The van der Waals surface area contributed by atoms with Crippen LogP contribution in [0.15, 0.2) is 40.9 Å². The molecule has 0 spiro atoms. The Morgan fingerprint density at radius 1 is 0.947 bits per heavy atom. The van der Waals surface area contributed by atoms with Crippen LogP contribution >= 0.6 is 15.9 Å². The van der Waals surface area contributed by atoms with Crippen molar-refractivity contribution in [3.05, 3.63) is 40.9 Å². The van der Waals surface area contributed by atoms with Crippen molar-refractivity contribution < 1.29 is 14.2 Å². The van der Waals surface area contributed by atoms with Crippen LogP contribution in [0.5, 0.6) is 23.0 Å². The first-order chi connectivity index (χ1) is 9.13. The van der Waals surface area contributed by atoms with Crippen molar-refractivity contribution in [2.24, 2.45) is 0 Å². The van der Waals surface area contributed by atoms with Gasteiger partial charge in [-0.1, -0.05) is 15.9 Å². The molecule has 0 aliphatic carbocycles. The minimum absolute atomic E-state index is 0.526. The van der Waals surface area contributed by atoms with Crippen molar-refractivity contribution in [1.82, 2.24) is 0 Å². The van der Waals surface area contributed by atoms with E-state index in [-0.39, 0.29) is 0 Å². The van der Waals surface area contributed by atoms with Crippen LogP contribution in [0, 0.1) is 0 Å². The summed E-state index contributed by atoms with van der Waals surface area (Å²) in [6.07, 6.45) is 0. The SMILES string of the molecule is COc1cc(Br)cc(OC)c1Oc1ccc(N)cc1. The molecule has 2 aromatic rings. The molecular weight excluding hydrogens is 310 g/mol. The van der Waals surface area contributed by atoms with Gasteiger partial charge in [0.1, 0.15) is 5.75 Å². The van der Waals surface area contributed by atoms with Gasteiger partial charge in [0.05, 0.1) is 14.2 Å². The number of hydrogen-bond donors (Lipinski definition) is 1. The van der Waals surface area contributed by atoms with Gasteiger partial charge in [0.2, 0.25) is 5.75 Å². The van der Waals surface area contributed by atoms with Crippen LogP contribution in [0.3, 0.4) is 0 Å². The van der Waals surface area contributed by atoms with Gasteiger partial charge < -0.3 is 19.9 Å². The Labute approximate surface area is 120 Å². The van der Waals surface area contributed by atoms with Crippen LogP contribution in [-0.2, 0) is 0 Å². The number of halogens is 1. The maximum absolute atomic E-state index is 5.81. The predicted molar refractivity (Wildman–Crippen MR) is 78.2 cm³/mol. The van der Waals surface area contributed by atoms with Gasteiger partial charge in [-0.25, -0.2) is 0 Å². The molecule has 0 atom stereocenters. The third-order valence-corrected chi connectivity index (χ3v) is 2.98. The van der Waals surface area contributed by atoms with Gasteiger partial charge in [-0.05, 0) is 36.4 Å². The summed E-state index contributed by atoms with van der Waals surface area (Å²) in [5.74, 6) is 2.36. The van der Waals surface area contributed by atoms with Crippen molar-refractivity contribution in [2.75, 3.05) is 20.0 Å². The molecule has 0 aliphatic rings. The maximum Gasteiger partial charge on any atom is 0.211 e. The lowest BCUT2D eigenvalue weighted by Gasteiger charge is -2.14. The molecule has 0 aliphatic heterocycles. The zero-order chi connectivity index (χ0) is 13.8. The first kappa shape index (κ1) is 13.5. The fourth-order valence-corrected chi connectivity index (χ4v) is 2.02. The summed E-state index contributed by atoms with van der Waals surface area (Å²) >= 11 is 3.39. The Morgan fingerprint density at radius 2 is 1.47 bits per heavy atom. The highest BCUT2D eigenvalue weighted by Gasteiger charge is 2.14. The van der Waals surface area contributed by atoms with Crippen molar-refractivity contribution in [3.63, 3.8) is 0 Å². The summed E-state index contributed by atoms with van der Waals surface area (Å²) in [5, 5.41) is 0. The number of benzene rings is 2. The molecular formula is C14H14BrNO3. The van der Waals surface area contributed by atoms with Crippen LogP contribution in [-0.4, -0.2) is 14.2 Å². The molecule has 19 heavy (non-hydrogen) atoms. The highest BCUT2D eigenvalue weighted by atomic mass is 79.9. The van der Waals surface area contributed by atoms with E-state index in [9.17, 15) is 0 Å². The monoisotopic (exact) mass is 323 g/mol. The number of nitrogen functional groups attached to an aromatic ring is 1. The lowest BCUT2D eigenvalue weighted by atomic mass is 10.2. The molecule has 2 N–H and O–H groups in total. The van der Waals surface area contributed by atoms with Crippen LogP contribution < -0.4 is 19.9 Å². The average molecular weight is 324 g/mol. The summed E-state index contributed by atoms with van der Waals surface area (Å²) in [4.78, 5) is 0. The highest BCUT2D eigenvalue weighted by molar-refractivity contribution is 9.10. The summed E-state index contributed by atoms with van der Waals surface area (Å²) < 4.78 is 17.3. The predicted octanol–water partition coefficient (Wildman–Crippen LogP) is 3.84. The molecule has 100 valence electrons. The molecule has 0 heterocycles. The van der Waals surface area contributed by atoms with Crippen LogP contribution in [0.25, 0.3) is 0 Å². The van der Waals surface area contributed by atoms with Crippen molar-refractivity contribution in [1.29, 1.82) is 0 Å². The van der Waals surface area contributed by atoms with Gasteiger partial charge >= 0.3 is 0 Å². The van der Waals surface area contributed by atoms with E-state index in [1.165, 1.54) is 0 Å². The largest absolute Gasteiger partial charge is 0.493 e. The fraction of sp³-hybridized carbons (Fsp3) is 0.143. The zero-order valence-corrected chi connectivity index (χ0v) is 12.2. The van der Waals surface area contributed by atoms with Crippen LogP contribution in [0.4, 0.5) is 5.69 Å². The van der Waals surface area contributed by atoms with Gasteiger partial charge in [-0.15, -0.1) is 0 Å². The van der Waals surface area contributed by atoms with Gasteiger partial charge in [0.15, 0.2) is 11.5 Å². The molecule has 4 nitrogen and oxygen atoms in total. The molecule has 2 aromatic carbocycles. The minimum Gasteiger partial charge on any atom is -0.493 e. The standard InChI is InChI=1S/C14H14BrNO3/c1-17-12-7-9(15)8-13(18-2)14(12)19-11-5-3-10(16)4-6-11/h3-8H,16H2,1-2H3. The first-order valence-corrected chi connectivity index (χ1v) is 6.38. The second kappa shape index (κ2) is 5.84. The van der Waals surface area contributed by atoms with E-state index >= 15 is 0 Å². The molecule has 0 radical (unpaired) electrons. The lowest BCUT2D eigenvalue weighted by molar-refractivity contribution is 0.346. The number of rotatable bonds is 4. The van der Waals surface area contributed by atoms with E-state index in [2.05, 4.69) is 15.9 Å². The van der Waals surface area contributed by atoms with Crippen molar-refractivity contribution in [2.45, 2.75) is 0 Å². The quantitative estimate of drug-likeness (QED) is 0.868. The third-order valence-electron chi connectivity index (χ3n) is 2.53. The second-order valence-electron chi connectivity index (χ2n) is 3.81. The smallest absolute Gasteiger partial charge is 0.211 e. The second-order valence-corrected chi connectivity index (χ2v) is 4.73. The van der Waals surface area contributed by atoms with E-state index in [0.29, 0.717) is 28.7 Å². The average Bonchev–Trinajstić information content (AvgIpc) is 2.42.